The minimum atomic E-state index is -1.06. The fraction of sp³-hybridized carbons (Fsp3) is 0.533. The maximum atomic E-state index is 13.0. The fourth-order valence-electron chi connectivity index (χ4n) is 1.60. The Morgan fingerprint density at radius 2 is 2.00 bits per heavy atom. The number of aliphatic hydroxyl groups is 2. The topological polar surface area (TPSA) is 69.6 Å². The SMILES string of the molecule is CC(C)(C)C(O)CNC(=O)CC(O)c1cccc(F)c1. The van der Waals surface area contributed by atoms with Crippen LogP contribution in [0.4, 0.5) is 4.39 Å². The van der Waals surface area contributed by atoms with Crippen molar-refractivity contribution in [3.8, 4) is 0 Å². The lowest BCUT2D eigenvalue weighted by Gasteiger charge is -2.26. The van der Waals surface area contributed by atoms with Crippen LogP contribution in [-0.4, -0.2) is 28.8 Å². The van der Waals surface area contributed by atoms with Crippen LogP contribution in [0.15, 0.2) is 24.3 Å². The summed E-state index contributed by atoms with van der Waals surface area (Å²) in [5, 5.41) is 22.2. The molecule has 0 fully saturated rings. The molecule has 2 unspecified atom stereocenters. The lowest BCUT2D eigenvalue weighted by atomic mass is 9.89. The molecular formula is C15H22FNO3. The average molecular weight is 283 g/mol. The zero-order chi connectivity index (χ0) is 15.3. The van der Waals surface area contributed by atoms with Crippen LogP contribution in [0.2, 0.25) is 0 Å². The Morgan fingerprint density at radius 1 is 1.35 bits per heavy atom. The first kappa shape index (κ1) is 16.6. The number of hydrogen-bond donors (Lipinski definition) is 3. The smallest absolute Gasteiger partial charge is 0.223 e. The van der Waals surface area contributed by atoms with Crippen molar-refractivity contribution in [1.29, 1.82) is 0 Å². The molecule has 3 N–H and O–H groups in total. The summed E-state index contributed by atoms with van der Waals surface area (Å²) in [6.45, 7) is 5.72. The standard InChI is InChI=1S/C15H22FNO3/c1-15(2,3)13(19)9-17-14(20)8-12(18)10-5-4-6-11(16)7-10/h4-7,12-13,18-19H,8-9H2,1-3H3,(H,17,20). The number of aliphatic hydroxyl groups excluding tert-OH is 2. The highest BCUT2D eigenvalue weighted by atomic mass is 19.1. The lowest BCUT2D eigenvalue weighted by Crippen LogP contribution is -2.39. The predicted octanol–water partition coefficient (Wildman–Crippen LogP) is 1.77. The van der Waals surface area contributed by atoms with Crippen molar-refractivity contribution in [2.75, 3.05) is 6.54 Å². The quantitative estimate of drug-likeness (QED) is 0.771. The molecule has 0 bridgehead atoms. The second-order valence-corrected chi connectivity index (χ2v) is 5.96. The molecule has 2 atom stereocenters. The van der Waals surface area contributed by atoms with E-state index in [1.54, 1.807) is 6.07 Å². The van der Waals surface area contributed by atoms with Gasteiger partial charge in [0, 0.05) is 6.54 Å². The lowest BCUT2D eigenvalue weighted by molar-refractivity contribution is -0.123. The maximum Gasteiger partial charge on any atom is 0.223 e. The van der Waals surface area contributed by atoms with E-state index in [4.69, 9.17) is 0 Å². The van der Waals surface area contributed by atoms with E-state index in [1.165, 1.54) is 18.2 Å². The molecule has 0 aliphatic heterocycles. The van der Waals surface area contributed by atoms with E-state index in [2.05, 4.69) is 5.32 Å². The Balaban J connectivity index is 2.46. The highest BCUT2D eigenvalue weighted by molar-refractivity contribution is 5.76. The molecule has 0 aromatic heterocycles. The molecule has 4 nitrogen and oxygen atoms in total. The van der Waals surface area contributed by atoms with Crippen LogP contribution >= 0.6 is 0 Å². The molecule has 0 saturated carbocycles. The molecule has 112 valence electrons. The molecule has 0 radical (unpaired) electrons. The van der Waals surface area contributed by atoms with Gasteiger partial charge in [-0.15, -0.1) is 0 Å². The summed E-state index contributed by atoms with van der Waals surface area (Å²) in [6, 6.07) is 5.51. The Bertz CT molecular complexity index is 457. The van der Waals surface area contributed by atoms with Crippen molar-refractivity contribution < 1.29 is 19.4 Å². The summed E-state index contributed by atoms with van der Waals surface area (Å²) in [6.07, 6.45) is -1.89. The van der Waals surface area contributed by atoms with E-state index in [9.17, 15) is 19.4 Å². The molecule has 0 spiro atoms. The number of amides is 1. The molecule has 1 amide bonds. The monoisotopic (exact) mass is 283 g/mol. The molecule has 1 rings (SSSR count). The molecule has 0 saturated heterocycles. The predicted molar refractivity (Wildman–Crippen MR) is 74.4 cm³/mol. The van der Waals surface area contributed by atoms with Crippen molar-refractivity contribution >= 4 is 5.91 Å². The number of rotatable bonds is 5. The molecule has 1 aromatic carbocycles. The van der Waals surface area contributed by atoms with Crippen molar-refractivity contribution in [2.45, 2.75) is 39.4 Å². The zero-order valence-electron chi connectivity index (χ0n) is 12.1. The zero-order valence-corrected chi connectivity index (χ0v) is 12.1. The van der Waals surface area contributed by atoms with E-state index >= 15 is 0 Å². The summed E-state index contributed by atoms with van der Waals surface area (Å²) in [5.41, 5.74) is 0.0329. The van der Waals surface area contributed by atoms with Gasteiger partial charge in [-0.05, 0) is 23.1 Å². The van der Waals surface area contributed by atoms with Gasteiger partial charge in [-0.2, -0.15) is 0 Å². The van der Waals surface area contributed by atoms with Gasteiger partial charge in [-0.1, -0.05) is 32.9 Å². The number of nitrogens with one attached hydrogen (secondary N) is 1. The Labute approximate surface area is 118 Å². The summed E-state index contributed by atoms with van der Waals surface area (Å²) in [7, 11) is 0. The van der Waals surface area contributed by atoms with E-state index < -0.39 is 18.0 Å². The van der Waals surface area contributed by atoms with Crippen molar-refractivity contribution in [3.05, 3.63) is 35.6 Å². The van der Waals surface area contributed by atoms with E-state index in [1.807, 2.05) is 20.8 Å². The number of halogens is 1. The largest absolute Gasteiger partial charge is 0.391 e. The van der Waals surface area contributed by atoms with Gasteiger partial charge in [-0.3, -0.25) is 4.79 Å². The molecule has 5 heteroatoms. The summed E-state index contributed by atoms with van der Waals surface area (Å²) < 4.78 is 13.0. The summed E-state index contributed by atoms with van der Waals surface area (Å²) >= 11 is 0. The van der Waals surface area contributed by atoms with Crippen LogP contribution in [-0.2, 0) is 4.79 Å². The van der Waals surface area contributed by atoms with Crippen LogP contribution in [0.25, 0.3) is 0 Å². The van der Waals surface area contributed by atoms with Gasteiger partial charge in [0.2, 0.25) is 5.91 Å². The Hall–Kier alpha value is -1.46. The molecule has 1 aromatic rings. The highest BCUT2D eigenvalue weighted by Crippen LogP contribution is 2.19. The van der Waals surface area contributed by atoms with Crippen LogP contribution < -0.4 is 5.32 Å². The summed E-state index contributed by atoms with van der Waals surface area (Å²) in [4.78, 5) is 11.7. The van der Waals surface area contributed by atoms with Gasteiger partial charge in [0.25, 0.3) is 0 Å². The van der Waals surface area contributed by atoms with Gasteiger partial charge in [-0.25, -0.2) is 4.39 Å². The van der Waals surface area contributed by atoms with E-state index in [0.29, 0.717) is 5.56 Å². The first-order chi connectivity index (χ1) is 9.20. The van der Waals surface area contributed by atoms with E-state index in [0.717, 1.165) is 0 Å². The molecule has 20 heavy (non-hydrogen) atoms. The van der Waals surface area contributed by atoms with Crippen molar-refractivity contribution in [3.63, 3.8) is 0 Å². The highest BCUT2D eigenvalue weighted by Gasteiger charge is 2.23. The Kier molecular flexibility index (Phi) is 5.65. The van der Waals surface area contributed by atoms with Gasteiger partial charge in [0.15, 0.2) is 0 Å². The second kappa shape index (κ2) is 6.81. The minimum Gasteiger partial charge on any atom is -0.391 e. The third-order valence-electron chi connectivity index (χ3n) is 3.10. The van der Waals surface area contributed by atoms with E-state index in [-0.39, 0.29) is 24.3 Å². The first-order valence-electron chi connectivity index (χ1n) is 6.58. The van der Waals surface area contributed by atoms with Crippen LogP contribution in [0.1, 0.15) is 38.9 Å². The van der Waals surface area contributed by atoms with Gasteiger partial charge < -0.3 is 15.5 Å². The fourth-order valence-corrected chi connectivity index (χ4v) is 1.60. The van der Waals surface area contributed by atoms with Crippen LogP contribution in [0.3, 0.4) is 0 Å². The second-order valence-electron chi connectivity index (χ2n) is 5.96. The number of benzene rings is 1. The van der Waals surface area contributed by atoms with Crippen LogP contribution in [0.5, 0.6) is 0 Å². The first-order valence-corrected chi connectivity index (χ1v) is 6.58. The normalized spacial score (nSPS) is 14.7. The van der Waals surface area contributed by atoms with Gasteiger partial charge in [0.05, 0.1) is 18.6 Å². The van der Waals surface area contributed by atoms with Gasteiger partial charge >= 0.3 is 0 Å². The average Bonchev–Trinajstić information content (AvgIpc) is 2.34. The molecular weight excluding hydrogens is 261 g/mol. The third-order valence-corrected chi connectivity index (χ3v) is 3.10. The van der Waals surface area contributed by atoms with Crippen LogP contribution in [0, 0.1) is 11.2 Å². The molecule has 0 aliphatic rings. The maximum absolute atomic E-state index is 13.0. The Morgan fingerprint density at radius 3 is 2.55 bits per heavy atom. The van der Waals surface area contributed by atoms with Crippen molar-refractivity contribution in [2.24, 2.45) is 5.41 Å². The number of hydrogen-bond acceptors (Lipinski definition) is 3. The molecule has 0 aliphatic carbocycles. The number of carbonyl (C=O) groups is 1. The third kappa shape index (κ3) is 5.27. The van der Waals surface area contributed by atoms with Crippen molar-refractivity contribution in [1.82, 2.24) is 5.32 Å². The number of carbonyl (C=O) groups excluding carboxylic acids is 1. The minimum absolute atomic E-state index is 0.123. The molecule has 0 heterocycles. The summed E-state index contributed by atoms with van der Waals surface area (Å²) in [5.74, 6) is -0.838. The van der Waals surface area contributed by atoms with Gasteiger partial charge in [0.1, 0.15) is 5.82 Å².